The molecule has 4 nitrogen and oxygen atoms in total. The number of ether oxygens (including phenoxy) is 1. The van der Waals surface area contributed by atoms with Crippen molar-refractivity contribution < 1.29 is 9.53 Å². The van der Waals surface area contributed by atoms with Crippen molar-refractivity contribution in [1.82, 2.24) is 9.80 Å². The Bertz CT molecular complexity index is 799. The van der Waals surface area contributed by atoms with Crippen LogP contribution in [0.3, 0.4) is 0 Å². The fourth-order valence-electron chi connectivity index (χ4n) is 3.66. The fraction of sp³-hybridized carbons (Fsp3) is 0.476. The number of benzene rings is 1. The van der Waals surface area contributed by atoms with Gasteiger partial charge in [-0.2, -0.15) is 0 Å². The van der Waals surface area contributed by atoms with Gasteiger partial charge in [0, 0.05) is 54.9 Å². The van der Waals surface area contributed by atoms with E-state index in [9.17, 15) is 4.79 Å². The van der Waals surface area contributed by atoms with Gasteiger partial charge in [-0.3, -0.25) is 9.69 Å². The Morgan fingerprint density at radius 1 is 1.18 bits per heavy atom. The zero-order valence-electron chi connectivity index (χ0n) is 15.8. The van der Waals surface area contributed by atoms with Gasteiger partial charge in [-0.1, -0.05) is 12.1 Å². The van der Waals surface area contributed by atoms with Crippen molar-refractivity contribution >= 4 is 44.9 Å². The summed E-state index contributed by atoms with van der Waals surface area (Å²) in [6.45, 7) is 5.26. The molecule has 28 heavy (non-hydrogen) atoms. The van der Waals surface area contributed by atoms with Crippen LogP contribution in [0.2, 0.25) is 0 Å². The first-order valence-electron chi connectivity index (χ1n) is 9.78. The van der Waals surface area contributed by atoms with Gasteiger partial charge in [-0.15, -0.1) is 23.1 Å². The van der Waals surface area contributed by atoms with Gasteiger partial charge >= 0.3 is 0 Å². The molecule has 1 unspecified atom stereocenters. The molecule has 2 saturated heterocycles. The predicted octanol–water partition coefficient (Wildman–Crippen LogP) is 4.74. The smallest absolute Gasteiger partial charge is 0.255 e. The van der Waals surface area contributed by atoms with Crippen molar-refractivity contribution in [3.63, 3.8) is 0 Å². The van der Waals surface area contributed by atoms with E-state index in [2.05, 4.69) is 39.0 Å². The summed E-state index contributed by atoms with van der Waals surface area (Å²) in [6.07, 6.45) is 2.61. The van der Waals surface area contributed by atoms with Gasteiger partial charge in [0.1, 0.15) is 0 Å². The van der Waals surface area contributed by atoms with Crippen LogP contribution in [0.15, 0.2) is 45.1 Å². The second-order valence-corrected chi connectivity index (χ2v) is 10.8. The summed E-state index contributed by atoms with van der Waals surface area (Å²) < 4.78 is 6.90. The Hall–Kier alpha value is -0.860. The fourth-order valence-corrected chi connectivity index (χ4v) is 6.30. The zero-order valence-corrected chi connectivity index (χ0v) is 19.0. The first-order valence-corrected chi connectivity index (χ1v) is 12.4. The zero-order chi connectivity index (χ0) is 19.3. The highest BCUT2D eigenvalue weighted by Gasteiger charge is 2.24. The number of rotatable bonds is 6. The Kier molecular flexibility index (Phi) is 7.12. The van der Waals surface area contributed by atoms with Crippen LogP contribution >= 0.6 is 39.0 Å². The van der Waals surface area contributed by atoms with E-state index in [1.807, 2.05) is 23.1 Å². The molecular formula is C21H25BrN2O2S2. The van der Waals surface area contributed by atoms with Crippen molar-refractivity contribution in [2.45, 2.75) is 30.4 Å². The van der Waals surface area contributed by atoms with Crippen LogP contribution in [0, 0.1) is 0 Å². The lowest BCUT2D eigenvalue weighted by Gasteiger charge is -2.34. The van der Waals surface area contributed by atoms with E-state index in [1.165, 1.54) is 8.66 Å². The van der Waals surface area contributed by atoms with Crippen molar-refractivity contribution in [1.29, 1.82) is 0 Å². The predicted molar refractivity (Wildman–Crippen MR) is 119 cm³/mol. The van der Waals surface area contributed by atoms with E-state index in [1.54, 1.807) is 23.1 Å². The number of thioether (sulfide) groups is 1. The van der Waals surface area contributed by atoms with Crippen molar-refractivity contribution in [2.24, 2.45) is 0 Å². The average molecular weight is 481 g/mol. The van der Waals surface area contributed by atoms with Crippen LogP contribution < -0.4 is 0 Å². The molecule has 0 N–H and O–H groups in total. The molecule has 0 aliphatic carbocycles. The summed E-state index contributed by atoms with van der Waals surface area (Å²) in [5, 5.41) is 0. The first-order chi connectivity index (χ1) is 13.7. The standard InChI is InChI=1S/C21H25BrN2O2S2/c22-20-8-7-17(28-20)14-23-9-11-24(12-10-23)21(25)18-5-1-2-6-19(18)27-15-16-4-3-13-26-16/h1-2,5-8,16H,3-4,9-15H2. The molecule has 0 bridgehead atoms. The molecule has 1 aromatic heterocycles. The highest BCUT2D eigenvalue weighted by Crippen LogP contribution is 2.28. The molecule has 0 spiro atoms. The van der Waals surface area contributed by atoms with Crippen molar-refractivity contribution in [3.05, 3.63) is 50.6 Å². The maximum atomic E-state index is 13.1. The SMILES string of the molecule is O=C(c1ccccc1SCC1CCCO1)N1CCN(Cc2ccc(Br)s2)CC1. The van der Waals surface area contributed by atoms with E-state index < -0.39 is 0 Å². The third-order valence-corrected chi connectivity index (χ3v) is 8.05. The first kappa shape index (κ1) is 20.4. The molecule has 1 aromatic carbocycles. The number of nitrogens with zero attached hydrogens (tertiary/aromatic N) is 2. The average Bonchev–Trinajstić information content (AvgIpc) is 3.38. The molecule has 150 valence electrons. The summed E-state index contributed by atoms with van der Waals surface area (Å²) in [7, 11) is 0. The summed E-state index contributed by atoms with van der Waals surface area (Å²) in [5.41, 5.74) is 0.834. The molecule has 2 fully saturated rings. The lowest BCUT2D eigenvalue weighted by molar-refractivity contribution is 0.0626. The number of amides is 1. The van der Waals surface area contributed by atoms with E-state index in [-0.39, 0.29) is 5.91 Å². The van der Waals surface area contributed by atoms with Gasteiger partial charge < -0.3 is 9.64 Å². The van der Waals surface area contributed by atoms with E-state index in [0.29, 0.717) is 6.10 Å². The Balaban J connectivity index is 1.33. The van der Waals surface area contributed by atoms with E-state index >= 15 is 0 Å². The Morgan fingerprint density at radius 3 is 2.71 bits per heavy atom. The Morgan fingerprint density at radius 2 is 2.00 bits per heavy atom. The minimum Gasteiger partial charge on any atom is -0.377 e. The third kappa shape index (κ3) is 5.19. The number of thiophene rings is 1. The molecule has 2 aromatic rings. The van der Waals surface area contributed by atoms with Crippen LogP contribution in [0.25, 0.3) is 0 Å². The van der Waals surface area contributed by atoms with Crippen LogP contribution in [0.4, 0.5) is 0 Å². The second kappa shape index (κ2) is 9.76. The van der Waals surface area contributed by atoms with Crippen LogP contribution in [0.1, 0.15) is 28.1 Å². The molecule has 2 aliphatic heterocycles. The van der Waals surface area contributed by atoms with Crippen LogP contribution in [-0.2, 0) is 11.3 Å². The lowest BCUT2D eigenvalue weighted by atomic mass is 10.2. The molecule has 4 rings (SSSR count). The summed E-state index contributed by atoms with van der Waals surface area (Å²) in [5.74, 6) is 1.09. The molecule has 7 heteroatoms. The molecule has 0 radical (unpaired) electrons. The number of hydrogen-bond acceptors (Lipinski definition) is 5. The minimum atomic E-state index is 0.161. The normalized spacial score (nSPS) is 20.6. The number of hydrogen-bond donors (Lipinski definition) is 0. The van der Waals surface area contributed by atoms with Crippen LogP contribution in [-0.4, -0.2) is 60.3 Å². The van der Waals surface area contributed by atoms with Gasteiger partial charge in [0.05, 0.1) is 15.5 Å². The summed E-state index contributed by atoms with van der Waals surface area (Å²) in [4.78, 5) is 20.0. The molecule has 1 amide bonds. The number of piperazine rings is 1. The van der Waals surface area contributed by atoms with Gasteiger partial charge in [0.2, 0.25) is 0 Å². The van der Waals surface area contributed by atoms with Crippen molar-refractivity contribution in [3.8, 4) is 0 Å². The molecule has 2 aliphatic rings. The van der Waals surface area contributed by atoms with Gasteiger partial charge in [0.25, 0.3) is 5.91 Å². The largest absolute Gasteiger partial charge is 0.377 e. The van der Waals surface area contributed by atoms with Gasteiger partial charge in [0.15, 0.2) is 0 Å². The van der Waals surface area contributed by atoms with Crippen LogP contribution in [0.5, 0.6) is 0 Å². The van der Waals surface area contributed by atoms with E-state index in [4.69, 9.17) is 4.74 Å². The lowest BCUT2D eigenvalue weighted by Crippen LogP contribution is -2.48. The number of carbonyl (C=O) groups excluding carboxylic acids is 1. The molecule has 1 atom stereocenters. The van der Waals surface area contributed by atoms with E-state index in [0.717, 1.165) is 68.4 Å². The number of halogens is 1. The van der Waals surface area contributed by atoms with Gasteiger partial charge in [-0.05, 0) is 53.0 Å². The highest BCUT2D eigenvalue weighted by atomic mass is 79.9. The minimum absolute atomic E-state index is 0.161. The maximum Gasteiger partial charge on any atom is 0.255 e. The monoisotopic (exact) mass is 480 g/mol. The van der Waals surface area contributed by atoms with Crippen molar-refractivity contribution in [2.75, 3.05) is 38.5 Å². The maximum absolute atomic E-state index is 13.1. The highest BCUT2D eigenvalue weighted by molar-refractivity contribution is 9.11. The topological polar surface area (TPSA) is 32.8 Å². The Labute approximate surface area is 183 Å². The quantitative estimate of drug-likeness (QED) is 0.558. The summed E-state index contributed by atoms with van der Waals surface area (Å²) >= 11 is 7.07. The molecule has 3 heterocycles. The number of carbonyl (C=O) groups is 1. The second-order valence-electron chi connectivity index (χ2n) is 7.22. The molecule has 0 saturated carbocycles. The van der Waals surface area contributed by atoms with Gasteiger partial charge in [-0.25, -0.2) is 0 Å². The summed E-state index contributed by atoms with van der Waals surface area (Å²) in [6, 6.07) is 12.3. The third-order valence-electron chi connectivity index (χ3n) is 5.23. The molecular weight excluding hydrogens is 456 g/mol.